The first kappa shape index (κ1) is 13.8. The number of carbonyl (C=O) groups excluding carboxylic acids is 1. The fourth-order valence-electron chi connectivity index (χ4n) is 4.20. The highest BCUT2D eigenvalue weighted by atomic mass is 16.5. The quantitative estimate of drug-likeness (QED) is 0.883. The molecule has 2 saturated heterocycles. The first-order chi connectivity index (χ1) is 10.6. The smallest absolute Gasteiger partial charge is 0.314 e. The van der Waals surface area contributed by atoms with Gasteiger partial charge in [-0.2, -0.15) is 0 Å². The van der Waals surface area contributed by atoms with Gasteiger partial charge in [-0.15, -0.1) is 0 Å². The number of likely N-dealkylation sites (tertiary alicyclic amines) is 1. The molecule has 0 radical (unpaired) electrons. The van der Waals surface area contributed by atoms with Gasteiger partial charge in [0.05, 0.1) is 13.2 Å². The summed E-state index contributed by atoms with van der Waals surface area (Å²) in [6.45, 7) is 1.47. The average Bonchev–Trinajstić information content (AvgIpc) is 3.17. The van der Waals surface area contributed by atoms with Gasteiger partial charge in [0.1, 0.15) is 5.41 Å². The molecule has 3 aliphatic rings. The van der Waals surface area contributed by atoms with Gasteiger partial charge in [-0.3, -0.25) is 9.59 Å². The Bertz CT molecular complexity index is 618. The Morgan fingerprint density at radius 1 is 1.23 bits per heavy atom. The van der Waals surface area contributed by atoms with E-state index in [1.54, 1.807) is 4.90 Å². The predicted molar refractivity (Wildman–Crippen MR) is 78.3 cm³/mol. The lowest BCUT2D eigenvalue weighted by atomic mass is 9.81. The second-order valence-corrected chi connectivity index (χ2v) is 6.77. The molecule has 1 aromatic rings. The van der Waals surface area contributed by atoms with Crippen LogP contribution in [-0.4, -0.2) is 48.2 Å². The molecule has 22 heavy (non-hydrogen) atoms. The van der Waals surface area contributed by atoms with E-state index in [1.807, 2.05) is 12.1 Å². The first-order valence-electron chi connectivity index (χ1n) is 7.77. The molecule has 0 bridgehead atoms. The highest BCUT2D eigenvalue weighted by molar-refractivity contribution is 5.84. The molecular formula is C17H19NO4. The van der Waals surface area contributed by atoms with Crippen molar-refractivity contribution in [1.82, 2.24) is 4.90 Å². The van der Waals surface area contributed by atoms with Gasteiger partial charge < -0.3 is 14.7 Å². The van der Waals surface area contributed by atoms with E-state index in [2.05, 4.69) is 12.1 Å². The summed E-state index contributed by atoms with van der Waals surface area (Å²) in [5.74, 6) is -0.841. The van der Waals surface area contributed by atoms with E-state index in [0.29, 0.717) is 19.7 Å². The van der Waals surface area contributed by atoms with Crippen molar-refractivity contribution >= 4 is 11.9 Å². The summed E-state index contributed by atoms with van der Waals surface area (Å²) in [6, 6.07) is 8.16. The fraction of sp³-hybridized carbons (Fsp3) is 0.529. The molecule has 1 aromatic carbocycles. The lowest BCUT2D eigenvalue weighted by Gasteiger charge is -2.24. The summed E-state index contributed by atoms with van der Waals surface area (Å²) in [4.78, 5) is 26.2. The van der Waals surface area contributed by atoms with Gasteiger partial charge in [0.15, 0.2) is 0 Å². The van der Waals surface area contributed by atoms with Crippen LogP contribution in [0.25, 0.3) is 0 Å². The normalized spacial score (nSPS) is 30.4. The van der Waals surface area contributed by atoms with E-state index >= 15 is 0 Å². The highest BCUT2D eigenvalue weighted by Gasteiger charge is 2.57. The summed E-state index contributed by atoms with van der Waals surface area (Å²) < 4.78 is 5.36. The Kier molecular flexibility index (Phi) is 3.01. The fourth-order valence-corrected chi connectivity index (χ4v) is 4.20. The molecule has 2 heterocycles. The van der Waals surface area contributed by atoms with Crippen molar-refractivity contribution in [1.29, 1.82) is 0 Å². The van der Waals surface area contributed by atoms with Gasteiger partial charge in [-0.05, 0) is 24.0 Å². The van der Waals surface area contributed by atoms with E-state index in [-0.39, 0.29) is 24.3 Å². The van der Waals surface area contributed by atoms with E-state index in [1.165, 1.54) is 11.1 Å². The molecule has 5 nitrogen and oxygen atoms in total. The van der Waals surface area contributed by atoms with Crippen LogP contribution in [-0.2, 0) is 27.2 Å². The third-order valence-electron chi connectivity index (χ3n) is 5.51. The molecule has 0 saturated carbocycles. The van der Waals surface area contributed by atoms with Crippen LogP contribution in [0.5, 0.6) is 0 Å². The van der Waals surface area contributed by atoms with Crippen LogP contribution in [0.2, 0.25) is 0 Å². The molecule has 2 fully saturated rings. The predicted octanol–water partition coefficient (Wildman–Crippen LogP) is 0.961. The summed E-state index contributed by atoms with van der Waals surface area (Å²) in [5, 5.41) is 9.56. The van der Waals surface area contributed by atoms with Gasteiger partial charge in [0.25, 0.3) is 0 Å². The van der Waals surface area contributed by atoms with Crippen molar-refractivity contribution in [3.8, 4) is 0 Å². The minimum Gasteiger partial charge on any atom is -0.481 e. The Balaban J connectivity index is 1.51. The highest BCUT2D eigenvalue weighted by Crippen LogP contribution is 2.42. The zero-order valence-corrected chi connectivity index (χ0v) is 12.3. The topological polar surface area (TPSA) is 66.8 Å². The number of carboxylic acids is 1. The van der Waals surface area contributed by atoms with Gasteiger partial charge in [-0.1, -0.05) is 24.3 Å². The number of hydrogen-bond acceptors (Lipinski definition) is 3. The molecule has 2 atom stereocenters. The second-order valence-electron chi connectivity index (χ2n) is 6.77. The maximum absolute atomic E-state index is 12.8. The molecule has 2 aliphatic heterocycles. The van der Waals surface area contributed by atoms with Crippen molar-refractivity contribution in [3.05, 3.63) is 35.4 Å². The number of nitrogens with zero attached hydrogens (tertiary/aromatic N) is 1. The standard InChI is InChI=1S/C17H19NO4/c19-15(13-5-11-3-1-2-4-12(11)6-13)18-7-14-8-22-10-17(14,9-18)16(20)21/h1-4,13-14H,5-10H2,(H,20,21)/t14-,17-/m1/s1. The molecule has 1 N–H and O–H groups in total. The molecule has 116 valence electrons. The zero-order chi connectivity index (χ0) is 15.3. The number of ether oxygens (including phenoxy) is 1. The minimum absolute atomic E-state index is 0.0389. The molecular weight excluding hydrogens is 282 g/mol. The number of benzene rings is 1. The van der Waals surface area contributed by atoms with Crippen LogP contribution in [0.15, 0.2) is 24.3 Å². The molecule has 4 rings (SSSR count). The van der Waals surface area contributed by atoms with Crippen molar-refractivity contribution in [2.24, 2.45) is 17.3 Å². The van der Waals surface area contributed by atoms with Crippen molar-refractivity contribution in [2.75, 3.05) is 26.3 Å². The van der Waals surface area contributed by atoms with E-state index in [9.17, 15) is 14.7 Å². The Labute approximate surface area is 128 Å². The molecule has 1 amide bonds. The molecule has 0 aromatic heterocycles. The maximum atomic E-state index is 12.8. The second kappa shape index (κ2) is 4.81. The zero-order valence-electron chi connectivity index (χ0n) is 12.3. The van der Waals surface area contributed by atoms with E-state index < -0.39 is 11.4 Å². The maximum Gasteiger partial charge on any atom is 0.314 e. The van der Waals surface area contributed by atoms with Crippen LogP contribution in [0.4, 0.5) is 0 Å². The van der Waals surface area contributed by atoms with Crippen LogP contribution >= 0.6 is 0 Å². The number of rotatable bonds is 2. The largest absolute Gasteiger partial charge is 0.481 e. The number of carboxylic acid groups (broad SMARTS) is 1. The van der Waals surface area contributed by atoms with Crippen LogP contribution in [0.1, 0.15) is 11.1 Å². The van der Waals surface area contributed by atoms with Crippen LogP contribution in [0, 0.1) is 17.3 Å². The van der Waals surface area contributed by atoms with E-state index in [0.717, 1.165) is 12.8 Å². The monoisotopic (exact) mass is 301 g/mol. The number of aliphatic carboxylic acids is 1. The van der Waals surface area contributed by atoms with Crippen molar-refractivity contribution in [2.45, 2.75) is 12.8 Å². The molecule has 5 heteroatoms. The van der Waals surface area contributed by atoms with Crippen LogP contribution in [0.3, 0.4) is 0 Å². The molecule has 1 aliphatic carbocycles. The Hall–Kier alpha value is -1.88. The molecule has 0 unspecified atom stereocenters. The summed E-state index contributed by atoms with van der Waals surface area (Å²) in [7, 11) is 0. The lowest BCUT2D eigenvalue weighted by molar-refractivity contribution is -0.150. The van der Waals surface area contributed by atoms with Gasteiger partial charge in [0.2, 0.25) is 5.91 Å². The Morgan fingerprint density at radius 3 is 2.50 bits per heavy atom. The number of amides is 1. The van der Waals surface area contributed by atoms with Gasteiger partial charge in [0, 0.05) is 24.9 Å². The van der Waals surface area contributed by atoms with Crippen molar-refractivity contribution < 1.29 is 19.4 Å². The Morgan fingerprint density at radius 2 is 1.91 bits per heavy atom. The average molecular weight is 301 g/mol. The van der Waals surface area contributed by atoms with E-state index in [4.69, 9.17) is 4.74 Å². The number of carbonyl (C=O) groups is 2. The third-order valence-corrected chi connectivity index (χ3v) is 5.51. The minimum atomic E-state index is -0.888. The summed E-state index contributed by atoms with van der Waals surface area (Å²) >= 11 is 0. The number of hydrogen-bond donors (Lipinski definition) is 1. The lowest BCUT2D eigenvalue weighted by Crippen LogP contribution is -2.41. The third kappa shape index (κ3) is 1.88. The van der Waals surface area contributed by atoms with Crippen LogP contribution < -0.4 is 0 Å². The first-order valence-corrected chi connectivity index (χ1v) is 7.77. The van der Waals surface area contributed by atoms with Gasteiger partial charge >= 0.3 is 5.97 Å². The number of fused-ring (bicyclic) bond motifs is 2. The SMILES string of the molecule is O=C(C1Cc2ccccc2C1)N1C[C@@H]2COC[C@]2(C(=O)O)C1. The molecule has 0 spiro atoms. The van der Waals surface area contributed by atoms with Gasteiger partial charge in [-0.25, -0.2) is 0 Å². The van der Waals surface area contributed by atoms with Crippen molar-refractivity contribution in [3.63, 3.8) is 0 Å². The summed E-state index contributed by atoms with van der Waals surface area (Å²) in [6.07, 6.45) is 1.54. The summed E-state index contributed by atoms with van der Waals surface area (Å²) in [5.41, 5.74) is 1.61.